The summed E-state index contributed by atoms with van der Waals surface area (Å²) < 4.78 is 0. The van der Waals surface area contributed by atoms with Crippen LogP contribution in [0, 0.1) is 0 Å². The number of hydrogen-bond acceptors (Lipinski definition) is 0. The molecule has 0 fully saturated rings. The van der Waals surface area contributed by atoms with Crippen LogP contribution >= 0.6 is 0 Å². The Morgan fingerprint density at radius 2 is 0.589 bits per heavy atom. The molecule has 0 heterocycles. The molecule has 0 nitrogen and oxygen atoms in total. The molecule has 0 aromatic heterocycles. The quantitative estimate of drug-likeness (QED) is 0.156. The lowest BCUT2D eigenvalue weighted by molar-refractivity contribution is 1.61. The van der Waals surface area contributed by atoms with E-state index in [1.807, 2.05) is 0 Å². The van der Waals surface area contributed by atoms with Crippen LogP contribution in [-0.2, 0) is 0 Å². The summed E-state index contributed by atoms with van der Waals surface area (Å²) in [4.78, 5) is 0. The summed E-state index contributed by atoms with van der Waals surface area (Å²) in [7, 11) is 0. The van der Waals surface area contributed by atoms with Gasteiger partial charge in [0.05, 0.1) is 0 Å². The van der Waals surface area contributed by atoms with Crippen molar-refractivity contribution in [3.05, 3.63) is 218 Å². The van der Waals surface area contributed by atoms with Crippen molar-refractivity contribution in [1.29, 1.82) is 0 Å². The van der Waals surface area contributed by atoms with Gasteiger partial charge >= 0.3 is 0 Å². The molecule has 0 aliphatic carbocycles. The Hall–Kier alpha value is -7.28. The van der Waals surface area contributed by atoms with Crippen LogP contribution in [0.2, 0.25) is 0 Å². The fourth-order valence-corrected chi connectivity index (χ4v) is 9.14. The molecule has 0 bridgehead atoms. The average molecular weight is 709 g/mol. The molecule has 0 saturated carbocycles. The molecule has 11 rings (SSSR count). The summed E-state index contributed by atoms with van der Waals surface area (Å²) in [5.41, 5.74) is 12.4. The second-order valence-electron chi connectivity index (χ2n) is 14.8. The molecule has 0 spiro atoms. The van der Waals surface area contributed by atoms with Crippen molar-refractivity contribution in [3.63, 3.8) is 0 Å². The molecule has 0 aliphatic heterocycles. The molecule has 0 aliphatic rings. The molecule has 0 unspecified atom stereocenters. The van der Waals surface area contributed by atoms with Crippen molar-refractivity contribution in [1.82, 2.24) is 0 Å². The number of hydrogen-bond donors (Lipinski definition) is 0. The number of benzene rings is 11. The zero-order valence-corrected chi connectivity index (χ0v) is 30.8. The summed E-state index contributed by atoms with van der Waals surface area (Å²) in [6.45, 7) is 0. The Morgan fingerprint density at radius 1 is 0.179 bits per heavy atom. The van der Waals surface area contributed by atoms with Gasteiger partial charge in [0.15, 0.2) is 0 Å². The third-order valence-electron chi connectivity index (χ3n) is 11.7. The maximum atomic E-state index is 2.46. The van der Waals surface area contributed by atoms with Crippen LogP contribution in [0.3, 0.4) is 0 Å². The second kappa shape index (κ2) is 13.2. The first-order valence-electron chi connectivity index (χ1n) is 19.4. The minimum Gasteiger partial charge on any atom is -0.0622 e. The van der Waals surface area contributed by atoms with E-state index in [4.69, 9.17) is 0 Å². The minimum absolute atomic E-state index is 1.20. The van der Waals surface area contributed by atoms with Crippen LogP contribution in [0.25, 0.3) is 109 Å². The van der Waals surface area contributed by atoms with Gasteiger partial charge in [-0.05, 0) is 122 Å². The van der Waals surface area contributed by atoms with Crippen LogP contribution in [0.15, 0.2) is 218 Å². The van der Waals surface area contributed by atoms with Crippen molar-refractivity contribution < 1.29 is 0 Å². The first kappa shape index (κ1) is 32.2. The van der Waals surface area contributed by atoms with Crippen molar-refractivity contribution >= 4 is 53.9 Å². The van der Waals surface area contributed by atoms with E-state index in [0.717, 1.165) is 0 Å². The SMILES string of the molecule is c1ccc(-c2c3ccccc3c(-c3ccc4c(-c5cccc6ccccc56)ccc(-c5cccc(-c6cccc7ccccc67)c5)c4c3)c3ccccc23)cc1. The summed E-state index contributed by atoms with van der Waals surface area (Å²) in [5, 5.41) is 12.6. The number of rotatable bonds is 5. The third-order valence-corrected chi connectivity index (χ3v) is 11.7. The zero-order chi connectivity index (χ0) is 37.0. The van der Waals surface area contributed by atoms with Gasteiger partial charge in [-0.3, -0.25) is 0 Å². The molecule has 0 saturated heterocycles. The first-order chi connectivity index (χ1) is 27.8. The molecule has 56 heavy (non-hydrogen) atoms. The van der Waals surface area contributed by atoms with Crippen LogP contribution in [-0.4, -0.2) is 0 Å². The Kier molecular flexibility index (Phi) is 7.60. The van der Waals surface area contributed by atoms with Crippen molar-refractivity contribution in [3.8, 4) is 55.6 Å². The topological polar surface area (TPSA) is 0 Å². The van der Waals surface area contributed by atoms with Gasteiger partial charge in [-0.25, -0.2) is 0 Å². The summed E-state index contributed by atoms with van der Waals surface area (Å²) >= 11 is 0. The molecular weight excluding hydrogens is 673 g/mol. The zero-order valence-electron chi connectivity index (χ0n) is 30.8. The number of fused-ring (bicyclic) bond motifs is 5. The molecule has 0 amide bonds. The lowest BCUT2D eigenvalue weighted by atomic mass is 9.84. The minimum atomic E-state index is 1.20. The largest absolute Gasteiger partial charge is 0.0622 e. The first-order valence-corrected chi connectivity index (χ1v) is 19.4. The Balaban J connectivity index is 1.20. The average Bonchev–Trinajstić information content (AvgIpc) is 3.27. The molecular formula is C56H36. The lowest BCUT2D eigenvalue weighted by Crippen LogP contribution is -1.92. The van der Waals surface area contributed by atoms with E-state index in [2.05, 4.69) is 218 Å². The van der Waals surface area contributed by atoms with Crippen LogP contribution in [0.5, 0.6) is 0 Å². The highest BCUT2D eigenvalue weighted by molar-refractivity contribution is 6.22. The van der Waals surface area contributed by atoms with Gasteiger partial charge in [0, 0.05) is 0 Å². The lowest BCUT2D eigenvalue weighted by Gasteiger charge is -2.19. The van der Waals surface area contributed by atoms with E-state index in [1.54, 1.807) is 0 Å². The molecule has 0 N–H and O–H groups in total. The van der Waals surface area contributed by atoms with Gasteiger partial charge < -0.3 is 0 Å². The molecule has 0 heteroatoms. The maximum Gasteiger partial charge on any atom is -0.00261 e. The highest BCUT2D eigenvalue weighted by Gasteiger charge is 2.19. The van der Waals surface area contributed by atoms with E-state index >= 15 is 0 Å². The summed E-state index contributed by atoms with van der Waals surface area (Å²) in [6.07, 6.45) is 0. The summed E-state index contributed by atoms with van der Waals surface area (Å²) in [5.74, 6) is 0. The molecule has 0 atom stereocenters. The molecule has 11 aromatic carbocycles. The van der Waals surface area contributed by atoms with E-state index < -0.39 is 0 Å². The van der Waals surface area contributed by atoms with Gasteiger partial charge in [0.25, 0.3) is 0 Å². The van der Waals surface area contributed by atoms with Crippen LogP contribution in [0.4, 0.5) is 0 Å². The molecule has 11 aromatic rings. The standard InChI is InChI=1S/C56H36/c1-2-17-39(18-3-1)55-50-25-8-10-27-52(50)56(53-28-11-9-26-51(53)55)42-31-32-49-48(47-30-14-20-38-16-5-7-24-44(38)47)34-33-46(54(49)36-42)41-22-12-21-40(35-41)45-29-13-19-37-15-4-6-23-43(37)45/h1-36H. The normalized spacial score (nSPS) is 11.6. The van der Waals surface area contributed by atoms with Gasteiger partial charge in [0.2, 0.25) is 0 Å². The Labute approximate surface area is 326 Å². The van der Waals surface area contributed by atoms with Crippen LogP contribution < -0.4 is 0 Å². The third kappa shape index (κ3) is 5.22. The van der Waals surface area contributed by atoms with E-state index in [1.165, 1.54) is 109 Å². The molecule has 260 valence electrons. The van der Waals surface area contributed by atoms with E-state index in [0.29, 0.717) is 0 Å². The van der Waals surface area contributed by atoms with Crippen LogP contribution in [0.1, 0.15) is 0 Å². The fraction of sp³-hybridized carbons (Fsp3) is 0. The van der Waals surface area contributed by atoms with Crippen molar-refractivity contribution in [2.75, 3.05) is 0 Å². The fourth-order valence-electron chi connectivity index (χ4n) is 9.14. The Bertz CT molecular complexity index is 3230. The predicted molar refractivity (Wildman–Crippen MR) is 241 cm³/mol. The van der Waals surface area contributed by atoms with Gasteiger partial charge in [-0.2, -0.15) is 0 Å². The predicted octanol–water partition coefficient (Wildman–Crippen LogP) is 15.8. The van der Waals surface area contributed by atoms with Gasteiger partial charge in [-0.1, -0.05) is 206 Å². The second-order valence-corrected chi connectivity index (χ2v) is 14.8. The smallest absolute Gasteiger partial charge is 0.00261 e. The Morgan fingerprint density at radius 3 is 1.21 bits per heavy atom. The summed E-state index contributed by atoms with van der Waals surface area (Å²) in [6, 6.07) is 80.4. The van der Waals surface area contributed by atoms with Gasteiger partial charge in [0.1, 0.15) is 0 Å². The highest BCUT2D eigenvalue weighted by atomic mass is 14.2. The van der Waals surface area contributed by atoms with Crippen molar-refractivity contribution in [2.24, 2.45) is 0 Å². The monoisotopic (exact) mass is 708 g/mol. The van der Waals surface area contributed by atoms with Gasteiger partial charge in [-0.15, -0.1) is 0 Å². The van der Waals surface area contributed by atoms with E-state index in [-0.39, 0.29) is 0 Å². The maximum absolute atomic E-state index is 2.46. The van der Waals surface area contributed by atoms with Crippen molar-refractivity contribution in [2.45, 2.75) is 0 Å². The van der Waals surface area contributed by atoms with E-state index in [9.17, 15) is 0 Å². The highest BCUT2D eigenvalue weighted by Crippen LogP contribution is 2.46. The molecule has 0 radical (unpaired) electrons.